The maximum Gasteiger partial charge on any atom is 0.228 e. The number of aromatic nitrogens is 2. The third kappa shape index (κ3) is 5.30. The first-order valence-corrected chi connectivity index (χ1v) is 10.9. The first-order chi connectivity index (χ1) is 15.5. The van der Waals surface area contributed by atoms with Crippen LogP contribution in [-0.4, -0.2) is 40.0 Å². The SMILES string of the molecule is O=C(CC[C@@H]1CCCN(C(=O)Cc2[nH]nc3ccccc23)C1)NCc1ccc(F)c(F)c1. The second-order valence-electron chi connectivity index (χ2n) is 8.31. The van der Waals surface area contributed by atoms with Crippen molar-refractivity contribution in [1.29, 1.82) is 0 Å². The molecule has 1 atom stereocenters. The van der Waals surface area contributed by atoms with Crippen molar-refractivity contribution in [2.24, 2.45) is 5.92 Å². The number of nitrogens with zero attached hydrogens (tertiary/aromatic N) is 2. The van der Waals surface area contributed by atoms with E-state index in [0.29, 0.717) is 24.9 Å². The van der Waals surface area contributed by atoms with Crippen LogP contribution < -0.4 is 5.32 Å². The van der Waals surface area contributed by atoms with Crippen LogP contribution in [0.3, 0.4) is 0 Å². The zero-order valence-corrected chi connectivity index (χ0v) is 17.7. The molecule has 1 saturated heterocycles. The van der Waals surface area contributed by atoms with Gasteiger partial charge < -0.3 is 10.2 Å². The number of carbonyl (C=O) groups is 2. The minimum atomic E-state index is -0.924. The number of rotatable bonds is 7. The number of hydrogen-bond donors (Lipinski definition) is 2. The standard InChI is InChI=1S/C24H26F2N4O2/c25-19-9-7-17(12-20(19)26)14-27-23(31)10-8-16-4-3-11-30(15-16)24(32)13-22-18-5-1-2-6-21(18)28-29-22/h1-2,5-7,9,12,16H,3-4,8,10-11,13-15H2,(H,27,31)(H,28,29)/t16-/m0/s1. The number of halogens is 2. The van der Waals surface area contributed by atoms with Gasteiger partial charge in [-0.1, -0.05) is 24.3 Å². The van der Waals surface area contributed by atoms with Gasteiger partial charge in [-0.25, -0.2) is 8.78 Å². The molecule has 4 rings (SSSR count). The van der Waals surface area contributed by atoms with Crippen molar-refractivity contribution in [2.45, 2.75) is 38.6 Å². The molecule has 32 heavy (non-hydrogen) atoms. The number of carbonyl (C=O) groups excluding carboxylic acids is 2. The minimum absolute atomic E-state index is 0.0619. The van der Waals surface area contributed by atoms with Crippen LogP contribution in [0.4, 0.5) is 8.78 Å². The lowest BCUT2D eigenvalue weighted by molar-refractivity contribution is -0.132. The van der Waals surface area contributed by atoms with E-state index in [1.807, 2.05) is 29.2 Å². The van der Waals surface area contributed by atoms with Crippen LogP contribution in [0, 0.1) is 17.6 Å². The molecule has 0 radical (unpaired) electrons. The lowest BCUT2D eigenvalue weighted by Gasteiger charge is -2.32. The number of aromatic amines is 1. The second kappa shape index (κ2) is 9.89. The fraction of sp³-hybridized carbons (Fsp3) is 0.375. The van der Waals surface area contributed by atoms with Crippen molar-refractivity contribution < 1.29 is 18.4 Å². The number of fused-ring (bicyclic) bond motifs is 1. The van der Waals surface area contributed by atoms with Crippen molar-refractivity contribution in [3.8, 4) is 0 Å². The summed E-state index contributed by atoms with van der Waals surface area (Å²) in [5.41, 5.74) is 2.18. The van der Waals surface area contributed by atoms with E-state index < -0.39 is 11.6 Å². The molecule has 168 valence electrons. The Kier molecular flexibility index (Phi) is 6.78. The molecule has 1 fully saturated rings. The lowest BCUT2D eigenvalue weighted by atomic mass is 9.93. The van der Waals surface area contributed by atoms with Gasteiger partial charge in [0.05, 0.1) is 17.6 Å². The predicted molar refractivity (Wildman–Crippen MR) is 117 cm³/mol. The van der Waals surface area contributed by atoms with Crippen LogP contribution in [0.15, 0.2) is 42.5 Å². The molecular formula is C24H26F2N4O2. The third-order valence-electron chi connectivity index (χ3n) is 5.99. The number of piperidine rings is 1. The number of para-hydroxylation sites is 1. The van der Waals surface area contributed by atoms with E-state index >= 15 is 0 Å². The van der Waals surface area contributed by atoms with Gasteiger partial charge in [0, 0.05) is 31.4 Å². The molecule has 6 nitrogen and oxygen atoms in total. The van der Waals surface area contributed by atoms with E-state index in [9.17, 15) is 18.4 Å². The normalized spacial score (nSPS) is 16.3. The van der Waals surface area contributed by atoms with Crippen LogP contribution in [0.25, 0.3) is 10.9 Å². The van der Waals surface area contributed by atoms with Gasteiger partial charge in [0.25, 0.3) is 0 Å². The average molecular weight is 440 g/mol. The van der Waals surface area contributed by atoms with Gasteiger partial charge in [-0.05, 0) is 48.9 Å². The fourth-order valence-electron chi connectivity index (χ4n) is 4.21. The quantitative estimate of drug-likeness (QED) is 0.588. The summed E-state index contributed by atoms with van der Waals surface area (Å²) in [5, 5.41) is 10.9. The first kappa shape index (κ1) is 21.9. The molecule has 0 aliphatic carbocycles. The molecule has 0 spiro atoms. The number of likely N-dealkylation sites (tertiary alicyclic amines) is 1. The van der Waals surface area contributed by atoms with Crippen molar-refractivity contribution in [3.63, 3.8) is 0 Å². The summed E-state index contributed by atoms with van der Waals surface area (Å²) in [5.74, 6) is -1.64. The zero-order chi connectivity index (χ0) is 22.5. The molecule has 0 bridgehead atoms. The lowest BCUT2D eigenvalue weighted by Crippen LogP contribution is -2.41. The Morgan fingerprint density at radius 3 is 2.84 bits per heavy atom. The maximum atomic E-state index is 13.3. The monoisotopic (exact) mass is 440 g/mol. The number of hydrogen-bond acceptors (Lipinski definition) is 3. The van der Waals surface area contributed by atoms with Crippen LogP contribution in [0.2, 0.25) is 0 Å². The van der Waals surface area contributed by atoms with E-state index in [1.165, 1.54) is 6.07 Å². The van der Waals surface area contributed by atoms with Crippen molar-refractivity contribution in [3.05, 3.63) is 65.4 Å². The molecule has 0 unspecified atom stereocenters. The minimum Gasteiger partial charge on any atom is -0.352 e. The highest BCUT2D eigenvalue weighted by Crippen LogP contribution is 2.23. The first-order valence-electron chi connectivity index (χ1n) is 10.9. The topological polar surface area (TPSA) is 78.1 Å². The Bertz CT molecular complexity index is 1110. The number of benzene rings is 2. The molecule has 1 aliphatic rings. The molecule has 2 aromatic carbocycles. The molecule has 1 aromatic heterocycles. The Balaban J connectivity index is 1.24. The summed E-state index contributed by atoms with van der Waals surface area (Å²) in [6.45, 7) is 1.52. The molecular weight excluding hydrogens is 414 g/mol. The van der Waals surface area contributed by atoms with E-state index in [2.05, 4.69) is 15.5 Å². The third-order valence-corrected chi connectivity index (χ3v) is 5.99. The Morgan fingerprint density at radius 1 is 1.16 bits per heavy atom. The number of H-pyrrole nitrogens is 1. The van der Waals surface area contributed by atoms with Gasteiger partial charge in [-0.2, -0.15) is 5.10 Å². The summed E-state index contributed by atoms with van der Waals surface area (Å²) in [6, 6.07) is 11.3. The van der Waals surface area contributed by atoms with Crippen LogP contribution in [-0.2, 0) is 22.6 Å². The predicted octanol–water partition coefficient (Wildman–Crippen LogP) is 3.72. The molecule has 0 saturated carbocycles. The summed E-state index contributed by atoms with van der Waals surface area (Å²) < 4.78 is 26.3. The largest absolute Gasteiger partial charge is 0.352 e. The van der Waals surface area contributed by atoms with Crippen LogP contribution in [0.1, 0.15) is 36.9 Å². The van der Waals surface area contributed by atoms with Gasteiger partial charge in [-0.3, -0.25) is 14.7 Å². The van der Waals surface area contributed by atoms with Crippen molar-refractivity contribution in [1.82, 2.24) is 20.4 Å². The maximum absolute atomic E-state index is 13.3. The average Bonchev–Trinajstić information content (AvgIpc) is 3.21. The van der Waals surface area contributed by atoms with Gasteiger partial charge in [0.1, 0.15) is 0 Å². The van der Waals surface area contributed by atoms with Gasteiger partial charge in [0.2, 0.25) is 11.8 Å². The highest BCUT2D eigenvalue weighted by Gasteiger charge is 2.25. The van der Waals surface area contributed by atoms with Gasteiger partial charge in [0.15, 0.2) is 11.6 Å². The molecule has 1 aliphatic heterocycles. The van der Waals surface area contributed by atoms with Crippen molar-refractivity contribution >= 4 is 22.7 Å². The summed E-state index contributed by atoms with van der Waals surface area (Å²) in [7, 11) is 0. The molecule has 8 heteroatoms. The second-order valence-corrected chi connectivity index (χ2v) is 8.31. The Morgan fingerprint density at radius 2 is 2.00 bits per heavy atom. The van der Waals surface area contributed by atoms with E-state index in [1.54, 1.807) is 0 Å². The van der Waals surface area contributed by atoms with Crippen molar-refractivity contribution in [2.75, 3.05) is 13.1 Å². The number of amides is 2. The summed E-state index contributed by atoms with van der Waals surface area (Å²) in [6.07, 6.45) is 3.19. The highest BCUT2D eigenvalue weighted by molar-refractivity contribution is 5.87. The Labute approximate surface area is 185 Å². The highest BCUT2D eigenvalue weighted by atomic mass is 19.2. The van der Waals surface area contributed by atoms with Crippen LogP contribution >= 0.6 is 0 Å². The molecule has 2 amide bonds. The summed E-state index contributed by atoms with van der Waals surface area (Å²) in [4.78, 5) is 26.9. The summed E-state index contributed by atoms with van der Waals surface area (Å²) >= 11 is 0. The smallest absolute Gasteiger partial charge is 0.228 e. The zero-order valence-electron chi connectivity index (χ0n) is 17.7. The number of nitrogens with one attached hydrogen (secondary N) is 2. The Hall–Kier alpha value is -3.29. The van der Waals surface area contributed by atoms with E-state index in [4.69, 9.17) is 0 Å². The van der Waals surface area contributed by atoms with Crippen LogP contribution in [0.5, 0.6) is 0 Å². The molecule has 2 N–H and O–H groups in total. The van der Waals surface area contributed by atoms with E-state index in [-0.39, 0.29) is 30.7 Å². The van der Waals surface area contributed by atoms with E-state index in [0.717, 1.165) is 48.1 Å². The fourth-order valence-corrected chi connectivity index (χ4v) is 4.21. The van der Waals surface area contributed by atoms with Gasteiger partial charge in [-0.15, -0.1) is 0 Å². The van der Waals surface area contributed by atoms with Gasteiger partial charge >= 0.3 is 0 Å². The molecule has 2 heterocycles. The molecule has 3 aromatic rings.